The molecule has 24 heavy (non-hydrogen) atoms. The molecule has 1 atom stereocenters. The molecular weight excluding hydrogens is 316 g/mol. The third-order valence-corrected chi connectivity index (χ3v) is 3.06. The Kier molecular flexibility index (Phi) is 5.20. The van der Waals surface area contributed by atoms with Crippen molar-refractivity contribution in [1.29, 1.82) is 0 Å². The number of para-hydroxylation sites is 1. The van der Waals surface area contributed by atoms with Crippen LogP contribution in [0.3, 0.4) is 0 Å². The highest BCUT2D eigenvalue weighted by molar-refractivity contribution is 5.99. The first-order valence-corrected chi connectivity index (χ1v) is 7.03. The highest BCUT2D eigenvalue weighted by atomic mass is 16.5. The van der Waals surface area contributed by atoms with Crippen LogP contribution in [0.15, 0.2) is 30.6 Å². The van der Waals surface area contributed by atoms with Gasteiger partial charge < -0.3 is 10.5 Å². The fourth-order valence-electron chi connectivity index (χ4n) is 1.98. The van der Waals surface area contributed by atoms with Gasteiger partial charge in [-0.05, 0) is 28.5 Å². The lowest BCUT2D eigenvalue weighted by Gasteiger charge is -2.20. The largest absolute Gasteiger partial charge is 0.448 e. The first-order chi connectivity index (χ1) is 11.4. The molecule has 0 saturated heterocycles. The number of esters is 1. The van der Waals surface area contributed by atoms with Gasteiger partial charge in [-0.25, -0.2) is 9.59 Å². The summed E-state index contributed by atoms with van der Waals surface area (Å²) in [4.78, 5) is 35.2. The van der Waals surface area contributed by atoms with Crippen LogP contribution in [-0.2, 0) is 9.53 Å². The number of hydrogen-bond donors (Lipinski definition) is 2. The molecule has 0 fully saturated rings. The van der Waals surface area contributed by atoms with Gasteiger partial charge in [-0.15, -0.1) is 5.10 Å². The van der Waals surface area contributed by atoms with E-state index in [1.165, 1.54) is 17.1 Å². The molecule has 3 amide bonds. The normalized spacial score (nSPS) is 11.8. The molecule has 0 aliphatic rings. The van der Waals surface area contributed by atoms with Crippen LogP contribution in [0.4, 0.5) is 4.79 Å². The van der Waals surface area contributed by atoms with Crippen molar-refractivity contribution >= 4 is 17.9 Å². The second kappa shape index (κ2) is 7.31. The van der Waals surface area contributed by atoms with Crippen LogP contribution in [-0.4, -0.2) is 44.2 Å². The number of hydrogen-bond acceptors (Lipinski definition) is 7. The van der Waals surface area contributed by atoms with E-state index >= 15 is 0 Å². The van der Waals surface area contributed by atoms with Crippen LogP contribution in [0, 0.1) is 5.92 Å². The van der Waals surface area contributed by atoms with E-state index in [9.17, 15) is 14.4 Å². The zero-order valence-corrected chi connectivity index (χ0v) is 13.0. The Hall–Kier alpha value is -3.30. The Bertz CT molecular complexity index is 743. The average Bonchev–Trinajstić information content (AvgIpc) is 3.05. The molecule has 1 aromatic carbocycles. The van der Waals surface area contributed by atoms with Crippen molar-refractivity contribution in [3.8, 4) is 5.69 Å². The number of urea groups is 1. The number of ether oxygens (including phenoxy) is 1. The minimum atomic E-state index is -1.17. The van der Waals surface area contributed by atoms with E-state index in [4.69, 9.17) is 10.5 Å². The number of benzene rings is 1. The summed E-state index contributed by atoms with van der Waals surface area (Å²) in [7, 11) is 0. The smallest absolute Gasteiger partial charge is 0.341 e. The minimum Gasteiger partial charge on any atom is -0.448 e. The fraction of sp³-hybridized carbons (Fsp3) is 0.286. The molecule has 0 spiro atoms. The number of nitrogens with one attached hydrogen (secondary N) is 1. The van der Waals surface area contributed by atoms with E-state index < -0.39 is 24.0 Å². The number of primary amides is 1. The molecule has 10 heteroatoms. The number of nitrogens with zero attached hydrogens (tertiary/aromatic N) is 4. The maximum atomic E-state index is 12.5. The summed E-state index contributed by atoms with van der Waals surface area (Å²) >= 11 is 0. The van der Waals surface area contributed by atoms with Crippen molar-refractivity contribution in [2.45, 2.75) is 20.0 Å². The summed E-state index contributed by atoms with van der Waals surface area (Å²) in [6.07, 6.45) is 0.151. The molecule has 1 aromatic heterocycles. The third kappa shape index (κ3) is 3.91. The summed E-state index contributed by atoms with van der Waals surface area (Å²) in [5, 5.41) is 12.7. The SMILES string of the molecule is CC(C)[C@H](OC(=O)c1ccccc1-n1cnnn1)C(=O)NC(N)=O. The van der Waals surface area contributed by atoms with Crippen LogP contribution in [0.2, 0.25) is 0 Å². The summed E-state index contributed by atoms with van der Waals surface area (Å²) in [5.74, 6) is -1.90. The van der Waals surface area contributed by atoms with E-state index in [0.717, 1.165) is 0 Å². The lowest BCUT2D eigenvalue weighted by Crippen LogP contribution is -2.45. The van der Waals surface area contributed by atoms with Gasteiger partial charge in [-0.2, -0.15) is 4.68 Å². The van der Waals surface area contributed by atoms with Crippen molar-refractivity contribution < 1.29 is 19.1 Å². The standard InChI is InChI=1S/C14H16N6O4/c1-8(2)11(12(21)17-14(15)23)24-13(22)9-5-3-4-6-10(9)20-7-16-18-19-20/h3-8,11H,1-2H3,(H3,15,17,21,23)/t11-/m0/s1. The van der Waals surface area contributed by atoms with Gasteiger partial charge in [0.1, 0.15) is 6.33 Å². The van der Waals surface area contributed by atoms with Gasteiger partial charge in [0.25, 0.3) is 5.91 Å². The molecular formula is C14H16N6O4. The van der Waals surface area contributed by atoms with Crippen LogP contribution < -0.4 is 11.1 Å². The summed E-state index contributed by atoms with van der Waals surface area (Å²) in [6, 6.07) is 5.46. The molecule has 0 aliphatic carbocycles. The molecule has 126 valence electrons. The zero-order valence-electron chi connectivity index (χ0n) is 13.0. The lowest BCUT2D eigenvalue weighted by molar-refractivity contribution is -0.130. The van der Waals surface area contributed by atoms with Gasteiger partial charge in [0.2, 0.25) is 0 Å². The number of aromatic nitrogens is 4. The minimum absolute atomic E-state index is 0.169. The first-order valence-electron chi connectivity index (χ1n) is 7.03. The highest BCUT2D eigenvalue weighted by Gasteiger charge is 2.29. The monoisotopic (exact) mass is 332 g/mol. The molecule has 2 aromatic rings. The van der Waals surface area contributed by atoms with E-state index in [2.05, 4.69) is 15.5 Å². The molecule has 0 unspecified atom stereocenters. The van der Waals surface area contributed by atoms with Gasteiger partial charge >= 0.3 is 12.0 Å². The van der Waals surface area contributed by atoms with Crippen LogP contribution in [0.5, 0.6) is 0 Å². The molecule has 0 aliphatic heterocycles. The van der Waals surface area contributed by atoms with E-state index in [1.807, 2.05) is 5.32 Å². The van der Waals surface area contributed by atoms with Crippen molar-refractivity contribution in [2.24, 2.45) is 11.7 Å². The van der Waals surface area contributed by atoms with Crippen LogP contribution in [0.1, 0.15) is 24.2 Å². The molecule has 2 rings (SSSR count). The second-order valence-corrected chi connectivity index (χ2v) is 5.19. The Morgan fingerprint density at radius 1 is 1.25 bits per heavy atom. The van der Waals surface area contributed by atoms with Gasteiger partial charge in [-0.1, -0.05) is 26.0 Å². The predicted octanol–water partition coefficient (Wildman–Crippen LogP) is 0.0386. The topological polar surface area (TPSA) is 142 Å². The van der Waals surface area contributed by atoms with Gasteiger partial charge in [-0.3, -0.25) is 10.1 Å². The number of carbonyl (C=O) groups is 3. The Morgan fingerprint density at radius 2 is 1.96 bits per heavy atom. The summed E-state index contributed by atoms with van der Waals surface area (Å²) < 4.78 is 6.55. The van der Waals surface area contributed by atoms with Crippen molar-refractivity contribution in [2.75, 3.05) is 0 Å². The van der Waals surface area contributed by atoms with Crippen molar-refractivity contribution in [1.82, 2.24) is 25.5 Å². The van der Waals surface area contributed by atoms with Gasteiger partial charge in [0.05, 0.1) is 11.3 Å². The number of rotatable bonds is 5. The van der Waals surface area contributed by atoms with Crippen LogP contribution in [0.25, 0.3) is 5.69 Å². The molecule has 10 nitrogen and oxygen atoms in total. The van der Waals surface area contributed by atoms with Gasteiger partial charge in [0.15, 0.2) is 6.10 Å². The average molecular weight is 332 g/mol. The quantitative estimate of drug-likeness (QED) is 0.736. The molecule has 0 saturated carbocycles. The summed E-state index contributed by atoms with van der Waals surface area (Å²) in [5.41, 5.74) is 5.49. The Morgan fingerprint density at radius 3 is 2.54 bits per heavy atom. The summed E-state index contributed by atoms with van der Waals surface area (Å²) in [6.45, 7) is 3.34. The first kappa shape index (κ1) is 17.1. The van der Waals surface area contributed by atoms with E-state index in [-0.39, 0.29) is 11.5 Å². The molecule has 0 radical (unpaired) electrons. The number of imide groups is 1. The zero-order chi connectivity index (χ0) is 17.7. The number of tetrazole rings is 1. The Labute approximate surface area is 137 Å². The maximum absolute atomic E-state index is 12.5. The highest BCUT2D eigenvalue weighted by Crippen LogP contribution is 2.17. The number of amides is 3. The van der Waals surface area contributed by atoms with E-state index in [0.29, 0.717) is 5.69 Å². The van der Waals surface area contributed by atoms with Gasteiger partial charge in [0, 0.05) is 0 Å². The Balaban J connectivity index is 2.25. The number of carbonyl (C=O) groups excluding carboxylic acids is 3. The molecule has 0 bridgehead atoms. The van der Waals surface area contributed by atoms with Crippen LogP contribution >= 0.6 is 0 Å². The molecule has 3 N–H and O–H groups in total. The van der Waals surface area contributed by atoms with Crippen molar-refractivity contribution in [3.63, 3.8) is 0 Å². The third-order valence-electron chi connectivity index (χ3n) is 3.06. The molecule has 1 heterocycles. The lowest BCUT2D eigenvalue weighted by atomic mass is 10.1. The maximum Gasteiger partial charge on any atom is 0.341 e. The predicted molar refractivity (Wildman–Crippen MR) is 80.9 cm³/mol. The fourth-order valence-corrected chi connectivity index (χ4v) is 1.98. The van der Waals surface area contributed by atoms with E-state index in [1.54, 1.807) is 32.0 Å². The second-order valence-electron chi connectivity index (χ2n) is 5.19. The van der Waals surface area contributed by atoms with Crippen molar-refractivity contribution in [3.05, 3.63) is 36.2 Å². The number of nitrogens with two attached hydrogens (primary N) is 1.